The third kappa shape index (κ3) is 4.45. The lowest BCUT2D eigenvalue weighted by Gasteiger charge is -2.12. The molecule has 0 radical (unpaired) electrons. The van der Waals surface area contributed by atoms with Gasteiger partial charge in [0.25, 0.3) is 5.56 Å². The Morgan fingerprint density at radius 1 is 1.11 bits per heavy atom. The van der Waals surface area contributed by atoms with Gasteiger partial charge in [-0.2, -0.15) is 5.10 Å². The van der Waals surface area contributed by atoms with E-state index in [1.54, 1.807) is 24.3 Å². The Hall–Kier alpha value is -3.33. The number of nitrogens with zero attached hydrogens (tertiary/aromatic N) is 2. The summed E-state index contributed by atoms with van der Waals surface area (Å²) in [4.78, 5) is 24.3. The molecule has 0 aliphatic rings. The Bertz CT molecular complexity index is 1070. The summed E-state index contributed by atoms with van der Waals surface area (Å²) in [5.74, 6) is -0.737. The van der Waals surface area contributed by atoms with Crippen molar-refractivity contribution in [1.29, 1.82) is 0 Å². The highest BCUT2D eigenvalue weighted by Crippen LogP contribution is 2.13. The van der Waals surface area contributed by atoms with E-state index in [1.807, 2.05) is 0 Å². The Kier molecular flexibility index (Phi) is 5.41. The zero-order valence-corrected chi connectivity index (χ0v) is 15.1. The molecule has 0 bridgehead atoms. The smallest absolute Gasteiger partial charge is 0.274 e. The number of carbonyl (C=O) groups is 1. The first kappa shape index (κ1) is 18.5. The maximum absolute atomic E-state index is 12.9. The van der Waals surface area contributed by atoms with Gasteiger partial charge >= 0.3 is 0 Å². The average molecular weight is 385 g/mol. The number of hydrazine groups is 1. The van der Waals surface area contributed by atoms with Crippen LogP contribution in [-0.4, -0.2) is 20.8 Å². The summed E-state index contributed by atoms with van der Waals surface area (Å²) in [7, 11) is 1.54. The van der Waals surface area contributed by atoms with Crippen molar-refractivity contribution in [2.24, 2.45) is 7.05 Å². The average Bonchev–Trinajstić information content (AvgIpc) is 2.66. The summed E-state index contributed by atoms with van der Waals surface area (Å²) < 4.78 is 14.1. The van der Waals surface area contributed by atoms with Crippen LogP contribution in [0.15, 0.2) is 53.3 Å². The number of fused-ring (bicyclic) bond motifs is 1. The van der Waals surface area contributed by atoms with Gasteiger partial charge in [-0.25, -0.2) is 9.07 Å². The number of hydrogen-bond donors (Lipinski definition) is 3. The second-order valence-corrected chi connectivity index (χ2v) is 6.14. The van der Waals surface area contributed by atoms with Crippen molar-refractivity contribution in [2.75, 3.05) is 5.32 Å². The second-order valence-electron chi connectivity index (χ2n) is 5.73. The Balaban J connectivity index is 1.64. The van der Waals surface area contributed by atoms with E-state index in [1.165, 1.54) is 36.0 Å². The molecule has 0 fully saturated rings. The van der Waals surface area contributed by atoms with Gasteiger partial charge in [-0.1, -0.05) is 18.2 Å². The zero-order chi connectivity index (χ0) is 19.4. The van der Waals surface area contributed by atoms with Gasteiger partial charge in [0.1, 0.15) is 5.82 Å². The highest BCUT2D eigenvalue weighted by atomic mass is 32.1. The van der Waals surface area contributed by atoms with E-state index in [4.69, 9.17) is 12.2 Å². The fourth-order valence-electron chi connectivity index (χ4n) is 2.52. The molecule has 7 nitrogen and oxygen atoms in total. The number of hydrogen-bond acceptors (Lipinski definition) is 4. The zero-order valence-electron chi connectivity index (χ0n) is 14.3. The van der Waals surface area contributed by atoms with Crippen LogP contribution >= 0.6 is 12.2 Å². The summed E-state index contributed by atoms with van der Waals surface area (Å²) in [6, 6.07) is 12.6. The van der Waals surface area contributed by atoms with Gasteiger partial charge in [0.15, 0.2) is 5.11 Å². The van der Waals surface area contributed by atoms with Crippen LogP contribution in [-0.2, 0) is 18.3 Å². The van der Waals surface area contributed by atoms with Crippen molar-refractivity contribution in [1.82, 2.24) is 20.6 Å². The normalized spacial score (nSPS) is 10.4. The number of nitrogens with one attached hydrogen (secondary N) is 3. The molecule has 1 heterocycles. The van der Waals surface area contributed by atoms with Gasteiger partial charge in [-0.15, -0.1) is 0 Å². The fraction of sp³-hybridized carbons (Fsp3) is 0.111. The van der Waals surface area contributed by atoms with Gasteiger partial charge in [-0.3, -0.25) is 20.4 Å². The number of thiocarbonyl (C=S) groups is 1. The minimum Gasteiger partial charge on any atom is -0.331 e. The quantitative estimate of drug-likeness (QED) is 0.469. The van der Waals surface area contributed by atoms with E-state index in [0.717, 1.165) is 0 Å². The Morgan fingerprint density at radius 3 is 2.48 bits per heavy atom. The van der Waals surface area contributed by atoms with Gasteiger partial charge in [-0.05, 0) is 42.5 Å². The monoisotopic (exact) mass is 385 g/mol. The van der Waals surface area contributed by atoms with Crippen LogP contribution < -0.4 is 21.7 Å². The number of amides is 1. The highest BCUT2D eigenvalue weighted by Gasteiger charge is 2.12. The standard InChI is InChI=1S/C18H16FN5O2S/c1-24-17(26)14-5-3-2-4-13(14)15(23-24)10-16(25)21-22-18(27)20-12-8-6-11(19)7-9-12/h2-9H,10H2,1H3,(H,21,25)(H2,20,22,27). The third-order valence-electron chi connectivity index (χ3n) is 3.78. The Morgan fingerprint density at radius 2 is 1.78 bits per heavy atom. The molecule has 2 aromatic carbocycles. The molecular weight excluding hydrogens is 369 g/mol. The lowest BCUT2D eigenvalue weighted by Crippen LogP contribution is -2.44. The first-order chi connectivity index (χ1) is 12.9. The van der Waals surface area contributed by atoms with Crippen LogP contribution in [0.2, 0.25) is 0 Å². The first-order valence-electron chi connectivity index (χ1n) is 8.00. The second kappa shape index (κ2) is 7.92. The molecule has 1 aromatic heterocycles. The van der Waals surface area contributed by atoms with Gasteiger partial charge < -0.3 is 5.32 Å². The predicted molar refractivity (Wildman–Crippen MR) is 105 cm³/mol. The maximum Gasteiger partial charge on any atom is 0.274 e. The van der Waals surface area contributed by atoms with E-state index < -0.39 is 0 Å². The summed E-state index contributed by atoms with van der Waals surface area (Å²) in [6.45, 7) is 0. The predicted octanol–water partition coefficient (Wildman–Crippen LogP) is 1.63. The molecule has 0 aliphatic heterocycles. The van der Waals surface area contributed by atoms with Crippen molar-refractivity contribution >= 4 is 39.7 Å². The number of benzene rings is 2. The number of rotatable bonds is 3. The third-order valence-corrected chi connectivity index (χ3v) is 3.98. The lowest BCUT2D eigenvalue weighted by molar-refractivity contribution is -0.121. The molecule has 0 saturated heterocycles. The molecule has 0 spiro atoms. The molecule has 0 atom stereocenters. The first-order valence-corrected chi connectivity index (χ1v) is 8.41. The molecule has 9 heteroatoms. The summed E-state index contributed by atoms with van der Waals surface area (Å²) in [6.07, 6.45) is -0.0409. The van der Waals surface area contributed by atoms with Crippen LogP contribution in [0.5, 0.6) is 0 Å². The van der Waals surface area contributed by atoms with E-state index in [0.29, 0.717) is 22.2 Å². The minimum atomic E-state index is -0.380. The van der Waals surface area contributed by atoms with E-state index in [-0.39, 0.29) is 28.8 Å². The number of carbonyl (C=O) groups excluding carboxylic acids is 1. The van der Waals surface area contributed by atoms with E-state index in [2.05, 4.69) is 21.3 Å². The highest BCUT2D eigenvalue weighted by molar-refractivity contribution is 7.80. The van der Waals surface area contributed by atoms with Gasteiger partial charge in [0.05, 0.1) is 17.5 Å². The van der Waals surface area contributed by atoms with Crippen molar-refractivity contribution < 1.29 is 9.18 Å². The molecule has 0 unspecified atom stereocenters. The van der Waals surface area contributed by atoms with Crippen LogP contribution in [0.1, 0.15) is 5.69 Å². The molecular formula is C18H16FN5O2S. The lowest BCUT2D eigenvalue weighted by atomic mass is 10.1. The molecule has 138 valence electrons. The molecule has 3 rings (SSSR count). The maximum atomic E-state index is 12.9. The summed E-state index contributed by atoms with van der Waals surface area (Å²) in [5, 5.41) is 8.26. The van der Waals surface area contributed by atoms with Crippen LogP contribution in [0, 0.1) is 5.82 Å². The largest absolute Gasteiger partial charge is 0.331 e. The molecule has 0 saturated carbocycles. The van der Waals surface area contributed by atoms with Crippen LogP contribution in [0.3, 0.4) is 0 Å². The summed E-state index contributed by atoms with van der Waals surface area (Å²) in [5.41, 5.74) is 5.87. The van der Waals surface area contributed by atoms with Crippen molar-refractivity contribution in [3.63, 3.8) is 0 Å². The van der Waals surface area contributed by atoms with Crippen molar-refractivity contribution in [2.45, 2.75) is 6.42 Å². The fourth-order valence-corrected chi connectivity index (χ4v) is 2.69. The molecule has 3 aromatic rings. The Labute approximate surface area is 159 Å². The van der Waals surface area contributed by atoms with Gasteiger partial charge in [0.2, 0.25) is 5.91 Å². The van der Waals surface area contributed by atoms with Crippen LogP contribution in [0.4, 0.5) is 10.1 Å². The molecule has 3 N–H and O–H groups in total. The van der Waals surface area contributed by atoms with Gasteiger partial charge in [0, 0.05) is 18.1 Å². The number of halogens is 1. The number of aryl methyl sites for hydroxylation is 1. The van der Waals surface area contributed by atoms with E-state index >= 15 is 0 Å². The number of anilines is 1. The van der Waals surface area contributed by atoms with Crippen molar-refractivity contribution in [3.05, 3.63) is 70.4 Å². The summed E-state index contributed by atoms with van der Waals surface area (Å²) >= 11 is 5.08. The SMILES string of the molecule is Cn1nc(CC(=O)NNC(=S)Nc2ccc(F)cc2)c2ccccc2c1=O. The van der Waals surface area contributed by atoms with E-state index in [9.17, 15) is 14.0 Å². The van der Waals surface area contributed by atoms with Crippen LogP contribution in [0.25, 0.3) is 10.8 Å². The molecule has 1 amide bonds. The van der Waals surface area contributed by atoms with Crippen molar-refractivity contribution in [3.8, 4) is 0 Å². The molecule has 0 aliphatic carbocycles. The molecule has 27 heavy (non-hydrogen) atoms. The number of aromatic nitrogens is 2. The minimum absolute atomic E-state index is 0.0409. The topological polar surface area (TPSA) is 88.1 Å².